The van der Waals surface area contributed by atoms with E-state index in [-0.39, 0.29) is 5.95 Å². The molecule has 1 rings (SSSR count). The summed E-state index contributed by atoms with van der Waals surface area (Å²) in [6, 6.07) is 2.96. The molecule has 6 nitrogen and oxygen atoms in total. The Kier molecular flexibility index (Phi) is 4.34. The summed E-state index contributed by atoms with van der Waals surface area (Å²) in [5, 5.41) is 0. The van der Waals surface area contributed by atoms with Crippen LogP contribution >= 0.6 is 0 Å². The molecule has 0 fully saturated rings. The fraction of sp³-hybridized carbons (Fsp3) is 0.556. The summed E-state index contributed by atoms with van der Waals surface area (Å²) in [6.45, 7) is 6.34. The van der Waals surface area contributed by atoms with E-state index in [0.717, 1.165) is 13.1 Å². The van der Waals surface area contributed by atoms with Gasteiger partial charge < -0.3 is 8.60 Å². The molecule has 0 amide bonds. The van der Waals surface area contributed by atoms with Crippen LogP contribution in [0.15, 0.2) is 16.5 Å². The lowest BCUT2D eigenvalue weighted by molar-refractivity contribution is 0.255. The van der Waals surface area contributed by atoms with Gasteiger partial charge in [-0.25, -0.2) is 0 Å². The van der Waals surface area contributed by atoms with E-state index in [1.165, 1.54) is 6.07 Å². The predicted molar refractivity (Wildman–Crippen MR) is 57.5 cm³/mol. The van der Waals surface area contributed by atoms with E-state index >= 15 is 0 Å². The standard InChI is InChI=1S/C9H15NO5S/c1-3-10(4-2)7-8-5-6-9(14-8)15-16(11,12)13/h5-6H,3-4,7H2,1-2H3,(H,11,12,13). The zero-order valence-corrected chi connectivity index (χ0v) is 10.0. The van der Waals surface area contributed by atoms with Crippen molar-refractivity contribution in [3.63, 3.8) is 0 Å². The molecule has 0 saturated heterocycles. The summed E-state index contributed by atoms with van der Waals surface area (Å²) >= 11 is 0. The van der Waals surface area contributed by atoms with Gasteiger partial charge in [0.2, 0.25) is 0 Å². The van der Waals surface area contributed by atoms with Crippen molar-refractivity contribution in [2.45, 2.75) is 20.4 Å². The molecule has 0 aromatic carbocycles. The average Bonchev–Trinajstić information content (AvgIpc) is 2.59. The molecular formula is C9H15NO5S. The first kappa shape index (κ1) is 13.0. The maximum Gasteiger partial charge on any atom is 0.449 e. The minimum Gasteiger partial charge on any atom is -0.429 e. The first-order chi connectivity index (χ1) is 7.44. The molecule has 16 heavy (non-hydrogen) atoms. The largest absolute Gasteiger partial charge is 0.449 e. The fourth-order valence-electron chi connectivity index (χ4n) is 1.26. The Balaban J connectivity index is 2.64. The molecule has 0 saturated carbocycles. The van der Waals surface area contributed by atoms with Gasteiger partial charge in [0.05, 0.1) is 6.54 Å². The highest BCUT2D eigenvalue weighted by Gasteiger charge is 2.12. The van der Waals surface area contributed by atoms with E-state index in [4.69, 9.17) is 8.97 Å². The molecule has 0 aliphatic carbocycles. The summed E-state index contributed by atoms with van der Waals surface area (Å²) in [4.78, 5) is 2.09. The van der Waals surface area contributed by atoms with Gasteiger partial charge in [0, 0.05) is 6.07 Å². The topological polar surface area (TPSA) is 80.0 Å². The SMILES string of the molecule is CCN(CC)Cc1ccc(OS(=O)(=O)O)o1. The quantitative estimate of drug-likeness (QED) is 0.765. The molecular weight excluding hydrogens is 234 g/mol. The highest BCUT2D eigenvalue weighted by atomic mass is 32.3. The van der Waals surface area contributed by atoms with E-state index < -0.39 is 10.4 Å². The third-order valence-electron chi connectivity index (χ3n) is 2.10. The van der Waals surface area contributed by atoms with Crippen LogP contribution in [-0.4, -0.2) is 31.0 Å². The lowest BCUT2D eigenvalue weighted by atomic mass is 10.4. The van der Waals surface area contributed by atoms with Crippen LogP contribution in [0.25, 0.3) is 0 Å². The van der Waals surface area contributed by atoms with Crippen molar-refractivity contribution >= 4 is 10.4 Å². The summed E-state index contributed by atoms with van der Waals surface area (Å²) in [6.07, 6.45) is 0. The first-order valence-electron chi connectivity index (χ1n) is 4.92. The molecule has 0 spiro atoms. The zero-order valence-electron chi connectivity index (χ0n) is 9.21. The number of furan rings is 1. The first-order valence-corrected chi connectivity index (χ1v) is 6.29. The van der Waals surface area contributed by atoms with E-state index in [1.807, 2.05) is 13.8 Å². The molecule has 0 aliphatic heterocycles. The van der Waals surface area contributed by atoms with E-state index in [9.17, 15) is 8.42 Å². The Labute approximate surface area is 94.8 Å². The molecule has 92 valence electrons. The second-order valence-corrected chi connectivity index (χ2v) is 4.22. The average molecular weight is 249 g/mol. The lowest BCUT2D eigenvalue weighted by Gasteiger charge is -2.15. The van der Waals surface area contributed by atoms with Crippen molar-refractivity contribution in [1.29, 1.82) is 0 Å². The highest BCUT2D eigenvalue weighted by molar-refractivity contribution is 7.81. The summed E-state index contributed by atoms with van der Waals surface area (Å²) in [5.74, 6) is 0.354. The summed E-state index contributed by atoms with van der Waals surface area (Å²) in [5.41, 5.74) is 0. The van der Waals surface area contributed by atoms with Gasteiger partial charge in [-0.3, -0.25) is 9.45 Å². The van der Waals surface area contributed by atoms with E-state index in [1.54, 1.807) is 6.07 Å². The van der Waals surface area contributed by atoms with Crippen LogP contribution in [0.4, 0.5) is 0 Å². The van der Waals surface area contributed by atoms with Crippen molar-refractivity contribution in [2.75, 3.05) is 13.1 Å². The van der Waals surface area contributed by atoms with Gasteiger partial charge in [0.15, 0.2) is 0 Å². The molecule has 0 radical (unpaired) electrons. The Hall–Kier alpha value is -1.05. The number of rotatable bonds is 6. The predicted octanol–water partition coefficient (Wildman–Crippen LogP) is 1.30. The molecule has 1 aromatic rings. The van der Waals surface area contributed by atoms with E-state index in [0.29, 0.717) is 12.3 Å². The van der Waals surface area contributed by atoms with Gasteiger partial charge >= 0.3 is 16.3 Å². The maximum atomic E-state index is 10.4. The van der Waals surface area contributed by atoms with Crippen molar-refractivity contribution in [1.82, 2.24) is 4.90 Å². The Morgan fingerprint density at radius 2 is 2.00 bits per heavy atom. The maximum absolute atomic E-state index is 10.4. The molecule has 0 unspecified atom stereocenters. The Morgan fingerprint density at radius 1 is 1.38 bits per heavy atom. The van der Waals surface area contributed by atoms with Crippen LogP contribution < -0.4 is 4.18 Å². The lowest BCUT2D eigenvalue weighted by Crippen LogP contribution is -2.21. The summed E-state index contributed by atoms with van der Waals surface area (Å²) < 4.78 is 38.5. The third kappa shape index (κ3) is 4.21. The van der Waals surface area contributed by atoms with Gasteiger partial charge in [0.1, 0.15) is 5.76 Å². The number of hydrogen-bond acceptors (Lipinski definition) is 5. The third-order valence-corrected chi connectivity index (χ3v) is 2.47. The van der Waals surface area contributed by atoms with Crippen LogP contribution in [0.1, 0.15) is 19.6 Å². The molecule has 0 bridgehead atoms. The summed E-state index contributed by atoms with van der Waals surface area (Å²) in [7, 11) is -4.51. The highest BCUT2D eigenvalue weighted by Crippen LogP contribution is 2.18. The number of nitrogens with zero attached hydrogens (tertiary/aromatic N) is 1. The molecule has 1 aromatic heterocycles. The second kappa shape index (κ2) is 5.33. The zero-order chi connectivity index (χ0) is 12.2. The van der Waals surface area contributed by atoms with Crippen LogP contribution in [0.2, 0.25) is 0 Å². The minimum atomic E-state index is -4.51. The molecule has 7 heteroatoms. The van der Waals surface area contributed by atoms with Crippen molar-refractivity contribution in [3.8, 4) is 5.95 Å². The van der Waals surface area contributed by atoms with Gasteiger partial charge in [-0.05, 0) is 19.2 Å². The van der Waals surface area contributed by atoms with Crippen LogP contribution in [0.3, 0.4) is 0 Å². The van der Waals surface area contributed by atoms with E-state index in [2.05, 4.69) is 9.08 Å². The van der Waals surface area contributed by atoms with Crippen LogP contribution in [0.5, 0.6) is 5.95 Å². The normalized spacial score (nSPS) is 12.0. The Bertz CT molecular complexity index is 421. The molecule has 0 atom stereocenters. The van der Waals surface area contributed by atoms with Gasteiger partial charge in [-0.15, -0.1) is 0 Å². The molecule has 0 aliphatic rings. The van der Waals surface area contributed by atoms with Crippen LogP contribution in [-0.2, 0) is 16.9 Å². The van der Waals surface area contributed by atoms with Crippen molar-refractivity contribution < 1.29 is 21.6 Å². The van der Waals surface area contributed by atoms with Crippen molar-refractivity contribution in [3.05, 3.63) is 17.9 Å². The second-order valence-electron chi connectivity index (χ2n) is 3.19. The van der Waals surface area contributed by atoms with Gasteiger partial charge in [-0.2, -0.15) is 8.42 Å². The number of hydrogen-bond donors (Lipinski definition) is 1. The smallest absolute Gasteiger partial charge is 0.429 e. The monoisotopic (exact) mass is 249 g/mol. The molecule has 1 heterocycles. The fourth-order valence-corrected chi connectivity index (χ4v) is 1.56. The minimum absolute atomic E-state index is 0.232. The van der Waals surface area contributed by atoms with Crippen molar-refractivity contribution in [2.24, 2.45) is 0 Å². The Morgan fingerprint density at radius 3 is 2.50 bits per heavy atom. The van der Waals surface area contributed by atoms with Gasteiger partial charge in [-0.1, -0.05) is 13.8 Å². The van der Waals surface area contributed by atoms with Crippen LogP contribution in [0, 0.1) is 0 Å². The van der Waals surface area contributed by atoms with Gasteiger partial charge in [0.25, 0.3) is 0 Å². The molecule has 1 N–H and O–H groups in total.